The molecule has 0 atom stereocenters. The van der Waals surface area contributed by atoms with Crippen LogP contribution in [0.25, 0.3) is 0 Å². The molecule has 0 saturated carbocycles. The Kier molecular flexibility index (Phi) is 4.37. The van der Waals surface area contributed by atoms with Gasteiger partial charge in [-0.15, -0.1) is 0 Å². The third kappa shape index (κ3) is 3.20. The van der Waals surface area contributed by atoms with Crippen LogP contribution in [0.15, 0.2) is 52.3 Å². The third-order valence-electron chi connectivity index (χ3n) is 2.68. The van der Waals surface area contributed by atoms with Crippen LogP contribution in [0, 0.1) is 20.2 Å². The standard InChI is InChI=1S/C13H8N2O6S/c16-13(17)9-3-1-2-4-11(9)22-12-6-5-8(14(18)19)7-10(12)15(20)21/h1-7H,(H,16,17)/p-1. The summed E-state index contributed by atoms with van der Waals surface area (Å²) in [6, 6.07) is 9.04. The molecular weight excluding hydrogens is 312 g/mol. The molecule has 8 nitrogen and oxygen atoms in total. The van der Waals surface area contributed by atoms with Gasteiger partial charge in [0.1, 0.15) is 0 Å². The Labute approximate surface area is 127 Å². The molecule has 0 spiro atoms. The number of non-ortho nitro benzene ring substituents is 1. The van der Waals surface area contributed by atoms with Gasteiger partial charge < -0.3 is 9.90 Å². The predicted molar refractivity (Wildman–Crippen MR) is 74.6 cm³/mol. The first kappa shape index (κ1) is 15.4. The van der Waals surface area contributed by atoms with Gasteiger partial charge in [-0.3, -0.25) is 20.2 Å². The first-order valence-electron chi connectivity index (χ1n) is 5.81. The van der Waals surface area contributed by atoms with E-state index in [9.17, 15) is 30.1 Å². The second-order valence-electron chi connectivity index (χ2n) is 4.05. The number of aromatic carboxylic acids is 1. The van der Waals surface area contributed by atoms with E-state index in [4.69, 9.17) is 0 Å². The summed E-state index contributed by atoms with van der Waals surface area (Å²) in [6.45, 7) is 0. The molecule has 0 N–H and O–H groups in total. The second-order valence-corrected chi connectivity index (χ2v) is 5.14. The van der Waals surface area contributed by atoms with Crippen LogP contribution in [0.2, 0.25) is 0 Å². The first-order chi connectivity index (χ1) is 10.4. The molecule has 2 aromatic carbocycles. The summed E-state index contributed by atoms with van der Waals surface area (Å²) in [6.07, 6.45) is 0. The molecule has 0 heterocycles. The molecule has 0 aliphatic heterocycles. The Bertz CT molecular complexity index is 777. The Morgan fingerprint density at radius 3 is 2.23 bits per heavy atom. The number of carboxylic acids is 1. The summed E-state index contributed by atoms with van der Waals surface area (Å²) in [5.41, 5.74) is -0.989. The van der Waals surface area contributed by atoms with Gasteiger partial charge in [0, 0.05) is 16.5 Å². The van der Waals surface area contributed by atoms with Gasteiger partial charge >= 0.3 is 0 Å². The number of carboxylic acid groups (broad SMARTS) is 1. The van der Waals surface area contributed by atoms with E-state index in [0.29, 0.717) is 0 Å². The van der Waals surface area contributed by atoms with Crippen LogP contribution in [0.5, 0.6) is 0 Å². The minimum atomic E-state index is -1.41. The lowest BCUT2D eigenvalue weighted by Crippen LogP contribution is -2.22. The summed E-state index contributed by atoms with van der Waals surface area (Å²) in [5.74, 6) is -1.41. The number of nitro benzene ring substituents is 2. The molecule has 0 aliphatic carbocycles. The van der Waals surface area contributed by atoms with E-state index in [-0.39, 0.29) is 15.4 Å². The molecule has 0 radical (unpaired) electrons. The highest BCUT2D eigenvalue weighted by atomic mass is 32.2. The van der Waals surface area contributed by atoms with E-state index in [1.165, 1.54) is 24.3 Å². The molecule has 22 heavy (non-hydrogen) atoms. The maximum absolute atomic E-state index is 11.0. The van der Waals surface area contributed by atoms with Gasteiger partial charge in [0.25, 0.3) is 11.4 Å². The third-order valence-corrected chi connectivity index (χ3v) is 3.82. The molecule has 2 aromatic rings. The zero-order chi connectivity index (χ0) is 16.3. The lowest BCUT2D eigenvalue weighted by Gasteiger charge is -2.09. The topological polar surface area (TPSA) is 126 Å². The first-order valence-corrected chi connectivity index (χ1v) is 6.63. The number of hydrogen-bond acceptors (Lipinski definition) is 7. The van der Waals surface area contributed by atoms with Crippen LogP contribution >= 0.6 is 11.8 Å². The van der Waals surface area contributed by atoms with Crippen LogP contribution in [0.4, 0.5) is 11.4 Å². The number of rotatable bonds is 5. The number of benzene rings is 2. The molecular formula is C13H7N2O6S-. The van der Waals surface area contributed by atoms with Gasteiger partial charge in [0.2, 0.25) is 0 Å². The SMILES string of the molecule is O=C([O-])c1ccccc1Sc1ccc([N+](=O)[O-])cc1[N+](=O)[O-]. The maximum Gasteiger partial charge on any atom is 0.290 e. The smallest absolute Gasteiger partial charge is 0.290 e. The van der Waals surface area contributed by atoms with Crippen molar-refractivity contribution in [2.45, 2.75) is 9.79 Å². The van der Waals surface area contributed by atoms with Crippen molar-refractivity contribution in [3.8, 4) is 0 Å². The van der Waals surface area contributed by atoms with Crippen molar-refractivity contribution in [1.82, 2.24) is 0 Å². The second kappa shape index (κ2) is 6.22. The zero-order valence-electron chi connectivity index (χ0n) is 10.8. The van der Waals surface area contributed by atoms with E-state index in [2.05, 4.69) is 0 Å². The van der Waals surface area contributed by atoms with E-state index in [0.717, 1.165) is 23.9 Å². The van der Waals surface area contributed by atoms with Gasteiger partial charge in [-0.2, -0.15) is 0 Å². The Hall–Kier alpha value is -2.94. The molecule has 0 aliphatic rings. The summed E-state index contributed by atoms with van der Waals surface area (Å²) in [4.78, 5) is 31.6. The minimum absolute atomic E-state index is 0.101. The summed E-state index contributed by atoms with van der Waals surface area (Å²) in [5, 5.41) is 32.8. The van der Waals surface area contributed by atoms with Crippen molar-refractivity contribution in [2.24, 2.45) is 0 Å². The van der Waals surface area contributed by atoms with Crippen molar-refractivity contribution < 1.29 is 19.7 Å². The van der Waals surface area contributed by atoms with E-state index < -0.39 is 27.2 Å². The Morgan fingerprint density at radius 1 is 0.955 bits per heavy atom. The molecule has 0 unspecified atom stereocenters. The maximum atomic E-state index is 11.0. The largest absolute Gasteiger partial charge is 0.545 e. The number of nitro groups is 2. The number of carbonyl (C=O) groups is 1. The Morgan fingerprint density at radius 2 is 1.64 bits per heavy atom. The van der Waals surface area contributed by atoms with E-state index in [1.54, 1.807) is 6.07 Å². The normalized spacial score (nSPS) is 10.2. The highest BCUT2D eigenvalue weighted by molar-refractivity contribution is 7.99. The molecule has 9 heteroatoms. The average molecular weight is 319 g/mol. The van der Waals surface area contributed by atoms with Crippen LogP contribution in [0.1, 0.15) is 10.4 Å². The number of hydrogen-bond donors (Lipinski definition) is 0. The fraction of sp³-hybridized carbons (Fsp3) is 0. The quantitative estimate of drug-likeness (QED) is 0.609. The van der Waals surface area contributed by atoms with Crippen molar-refractivity contribution in [1.29, 1.82) is 0 Å². The van der Waals surface area contributed by atoms with Crippen LogP contribution in [0.3, 0.4) is 0 Å². The molecule has 0 fully saturated rings. The number of carbonyl (C=O) groups excluding carboxylic acids is 1. The Balaban J connectivity index is 2.48. The fourth-order valence-corrected chi connectivity index (χ4v) is 2.71. The molecule has 0 aromatic heterocycles. The van der Waals surface area contributed by atoms with Gasteiger partial charge in [-0.25, -0.2) is 0 Å². The molecule has 0 saturated heterocycles. The van der Waals surface area contributed by atoms with Crippen LogP contribution < -0.4 is 5.11 Å². The average Bonchev–Trinajstić information content (AvgIpc) is 2.47. The van der Waals surface area contributed by atoms with E-state index in [1.807, 2.05) is 0 Å². The highest BCUT2D eigenvalue weighted by Gasteiger charge is 2.20. The molecule has 0 bridgehead atoms. The number of nitrogens with zero attached hydrogens (tertiary/aromatic N) is 2. The summed E-state index contributed by atoms with van der Waals surface area (Å²) >= 11 is 0.833. The predicted octanol–water partition coefficient (Wildman–Crippen LogP) is 2.02. The van der Waals surface area contributed by atoms with Crippen molar-refractivity contribution >= 4 is 29.1 Å². The van der Waals surface area contributed by atoms with Crippen LogP contribution in [-0.2, 0) is 0 Å². The van der Waals surface area contributed by atoms with Gasteiger partial charge in [0.05, 0.1) is 26.8 Å². The fourth-order valence-electron chi connectivity index (χ4n) is 1.69. The molecule has 2 rings (SSSR count). The van der Waals surface area contributed by atoms with Gasteiger partial charge in [0.15, 0.2) is 0 Å². The summed E-state index contributed by atoms with van der Waals surface area (Å²) in [7, 11) is 0. The van der Waals surface area contributed by atoms with Crippen molar-refractivity contribution in [3.63, 3.8) is 0 Å². The minimum Gasteiger partial charge on any atom is -0.545 e. The van der Waals surface area contributed by atoms with Crippen molar-refractivity contribution in [2.75, 3.05) is 0 Å². The summed E-state index contributed by atoms with van der Waals surface area (Å²) < 4.78 is 0. The molecule has 112 valence electrons. The van der Waals surface area contributed by atoms with Crippen LogP contribution in [-0.4, -0.2) is 15.8 Å². The highest BCUT2D eigenvalue weighted by Crippen LogP contribution is 2.38. The monoisotopic (exact) mass is 319 g/mol. The van der Waals surface area contributed by atoms with Crippen molar-refractivity contribution in [3.05, 3.63) is 68.3 Å². The van der Waals surface area contributed by atoms with Gasteiger partial charge in [-0.05, 0) is 12.1 Å². The lowest BCUT2D eigenvalue weighted by atomic mass is 10.2. The van der Waals surface area contributed by atoms with Gasteiger partial charge in [-0.1, -0.05) is 30.0 Å². The van der Waals surface area contributed by atoms with E-state index >= 15 is 0 Å². The lowest BCUT2D eigenvalue weighted by molar-refractivity contribution is -0.396. The molecule has 0 amide bonds. The zero-order valence-corrected chi connectivity index (χ0v) is 11.6.